The molecular weight excluding hydrogens is 478 g/mol. The second kappa shape index (κ2) is 15.6. The molecule has 4 N–H and O–H groups in total. The maximum atomic E-state index is 12.8. The van der Waals surface area contributed by atoms with Gasteiger partial charge in [-0.05, 0) is 82.7 Å². The van der Waals surface area contributed by atoms with Crippen LogP contribution in [-0.2, 0) is 16.1 Å². The highest BCUT2D eigenvalue weighted by Crippen LogP contribution is 2.28. The number of carbonyl (C=O) groups excluding carboxylic acids is 3. The fourth-order valence-electron chi connectivity index (χ4n) is 5.74. The van der Waals surface area contributed by atoms with E-state index in [1.165, 1.54) is 38.5 Å². The number of fused-ring (bicyclic) bond motifs is 1. The molecule has 0 radical (unpaired) electrons. The van der Waals surface area contributed by atoms with Crippen LogP contribution in [0.2, 0.25) is 0 Å². The standard InChI is InChI=1S/C28H42N4O.C2H3NO2/c1-3-7-21(2)32-20-27-22(9-6-10-26(27)28(32)33)8-4-5-17-31-18-15-25(16-19-31)30-24-13-11-23(29)12-14-24;4-1-3-2-5/h6,9-10,21,23-25,30H,3,5,7,11-20,29H2,1-2H3;1-2H,(H,3,4,5). The first-order chi connectivity index (χ1) is 18.5. The second-order valence-electron chi connectivity index (χ2n) is 10.8. The molecule has 2 heterocycles. The zero-order chi connectivity index (χ0) is 27.3. The van der Waals surface area contributed by atoms with Crippen molar-refractivity contribution in [1.82, 2.24) is 20.4 Å². The van der Waals surface area contributed by atoms with Crippen LogP contribution in [0.15, 0.2) is 18.2 Å². The highest BCUT2D eigenvalue weighted by molar-refractivity contribution is 5.99. The van der Waals surface area contributed by atoms with Gasteiger partial charge >= 0.3 is 0 Å². The van der Waals surface area contributed by atoms with E-state index in [-0.39, 0.29) is 11.9 Å². The Morgan fingerprint density at radius 2 is 1.76 bits per heavy atom. The number of hydrogen-bond acceptors (Lipinski definition) is 6. The maximum absolute atomic E-state index is 12.8. The predicted molar refractivity (Wildman–Crippen MR) is 150 cm³/mol. The molecule has 38 heavy (non-hydrogen) atoms. The zero-order valence-electron chi connectivity index (χ0n) is 23.1. The minimum atomic E-state index is 0.169. The van der Waals surface area contributed by atoms with Crippen LogP contribution >= 0.6 is 0 Å². The van der Waals surface area contributed by atoms with Crippen LogP contribution in [0, 0.1) is 11.8 Å². The molecule has 3 amide bonds. The number of imide groups is 1. The number of rotatable bonds is 9. The van der Waals surface area contributed by atoms with Crippen LogP contribution in [0.3, 0.4) is 0 Å². The molecule has 0 aromatic heterocycles. The summed E-state index contributed by atoms with van der Waals surface area (Å²) >= 11 is 0. The Bertz CT molecular complexity index is 966. The highest BCUT2D eigenvalue weighted by atomic mass is 16.2. The Morgan fingerprint density at radius 3 is 2.39 bits per heavy atom. The number of carbonyl (C=O) groups is 3. The van der Waals surface area contributed by atoms with E-state index in [0.29, 0.717) is 37.5 Å². The molecule has 1 aromatic carbocycles. The molecule has 4 rings (SSSR count). The Balaban J connectivity index is 0.000000732. The lowest BCUT2D eigenvalue weighted by Gasteiger charge is -2.36. The van der Waals surface area contributed by atoms with Gasteiger partial charge in [-0.15, -0.1) is 0 Å². The summed E-state index contributed by atoms with van der Waals surface area (Å²) in [6.45, 7) is 8.38. The molecule has 0 spiro atoms. The van der Waals surface area contributed by atoms with Crippen molar-refractivity contribution in [2.45, 2.75) is 102 Å². The molecule has 2 fully saturated rings. The van der Waals surface area contributed by atoms with Gasteiger partial charge in [0.2, 0.25) is 12.8 Å². The number of nitrogens with zero attached hydrogens (tertiary/aromatic N) is 2. The third kappa shape index (κ3) is 8.65. The number of piperidine rings is 1. The van der Waals surface area contributed by atoms with Crippen LogP contribution in [-0.4, -0.2) is 72.3 Å². The minimum Gasteiger partial charge on any atom is -0.332 e. The molecule has 0 bridgehead atoms. The van der Waals surface area contributed by atoms with E-state index in [0.717, 1.165) is 55.6 Å². The smallest absolute Gasteiger partial charge is 0.254 e. The second-order valence-corrected chi connectivity index (χ2v) is 10.8. The predicted octanol–water partition coefficient (Wildman–Crippen LogP) is 2.79. The van der Waals surface area contributed by atoms with Gasteiger partial charge in [-0.2, -0.15) is 0 Å². The van der Waals surface area contributed by atoms with Crippen molar-refractivity contribution in [2.75, 3.05) is 19.6 Å². The van der Waals surface area contributed by atoms with Gasteiger partial charge in [0, 0.05) is 54.8 Å². The van der Waals surface area contributed by atoms with Gasteiger partial charge in [0.05, 0.1) is 0 Å². The van der Waals surface area contributed by atoms with Crippen molar-refractivity contribution < 1.29 is 14.4 Å². The molecule has 1 saturated carbocycles. The highest BCUT2D eigenvalue weighted by Gasteiger charge is 2.31. The normalized spacial score (nSPS) is 22.4. The number of amides is 3. The van der Waals surface area contributed by atoms with Crippen molar-refractivity contribution in [3.63, 3.8) is 0 Å². The number of nitrogens with two attached hydrogens (primary N) is 1. The van der Waals surface area contributed by atoms with Crippen molar-refractivity contribution >= 4 is 18.7 Å². The van der Waals surface area contributed by atoms with Crippen LogP contribution < -0.4 is 16.4 Å². The molecular formula is C30H45N5O3. The number of hydrogen-bond donors (Lipinski definition) is 3. The van der Waals surface area contributed by atoms with Crippen LogP contribution in [0.1, 0.15) is 93.1 Å². The maximum Gasteiger partial charge on any atom is 0.254 e. The third-order valence-corrected chi connectivity index (χ3v) is 7.98. The van der Waals surface area contributed by atoms with E-state index in [4.69, 9.17) is 15.3 Å². The average Bonchev–Trinajstić information content (AvgIpc) is 3.27. The summed E-state index contributed by atoms with van der Waals surface area (Å²) in [4.78, 5) is 35.5. The average molecular weight is 524 g/mol. The molecule has 8 nitrogen and oxygen atoms in total. The molecule has 1 unspecified atom stereocenters. The number of likely N-dealkylation sites (tertiary alicyclic amines) is 1. The first-order valence-electron chi connectivity index (χ1n) is 14.3. The Labute approximate surface area is 228 Å². The van der Waals surface area contributed by atoms with E-state index >= 15 is 0 Å². The SMILES string of the molecule is CCCC(C)N1Cc2c(C#CCCN3CCC(NC4CCC(N)CC4)CC3)cccc2C1=O.O=CNC=O. The largest absolute Gasteiger partial charge is 0.332 e. The van der Waals surface area contributed by atoms with Gasteiger partial charge in [0.15, 0.2) is 0 Å². The van der Waals surface area contributed by atoms with E-state index in [2.05, 4.69) is 42.0 Å². The third-order valence-electron chi connectivity index (χ3n) is 7.98. The molecule has 2 aliphatic heterocycles. The van der Waals surface area contributed by atoms with E-state index in [1.54, 1.807) is 5.32 Å². The molecule has 1 aromatic rings. The first kappa shape index (κ1) is 29.8. The van der Waals surface area contributed by atoms with Gasteiger partial charge in [0.25, 0.3) is 5.91 Å². The lowest BCUT2D eigenvalue weighted by Crippen LogP contribution is -2.48. The summed E-state index contributed by atoms with van der Waals surface area (Å²) in [7, 11) is 0. The van der Waals surface area contributed by atoms with Crippen molar-refractivity contribution in [3.8, 4) is 11.8 Å². The molecule has 1 atom stereocenters. The quantitative estimate of drug-likeness (QED) is 0.339. The van der Waals surface area contributed by atoms with Crippen LogP contribution in [0.25, 0.3) is 0 Å². The Morgan fingerprint density at radius 1 is 1.08 bits per heavy atom. The summed E-state index contributed by atoms with van der Waals surface area (Å²) in [5.74, 6) is 6.95. The number of benzene rings is 1. The van der Waals surface area contributed by atoms with Gasteiger partial charge in [-0.1, -0.05) is 31.3 Å². The summed E-state index contributed by atoms with van der Waals surface area (Å²) in [6, 6.07) is 8.05. The fourth-order valence-corrected chi connectivity index (χ4v) is 5.74. The summed E-state index contributed by atoms with van der Waals surface area (Å²) in [5.41, 5.74) is 9.04. The van der Waals surface area contributed by atoms with E-state index in [9.17, 15) is 4.79 Å². The molecule has 1 saturated heterocycles. The van der Waals surface area contributed by atoms with Crippen molar-refractivity contribution in [2.24, 2.45) is 5.73 Å². The van der Waals surface area contributed by atoms with Gasteiger partial charge in [-0.25, -0.2) is 0 Å². The van der Waals surface area contributed by atoms with Gasteiger partial charge < -0.3 is 26.2 Å². The Kier molecular flexibility index (Phi) is 12.3. The molecule has 8 heteroatoms. The van der Waals surface area contributed by atoms with Gasteiger partial charge in [0.1, 0.15) is 0 Å². The van der Waals surface area contributed by atoms with E-state index in [1.807, 2.05) is 17.0 Å². The molecule has 1 aliphatic carbocycles. The fraction of sp³-hybridized carbons (Fsp3) is 0.633. The summed E-state index contributed by atoms with van der Waals surface area (Å²) < 4.78 is 0. The first-order valence-corrected chi connectivity index (χ1v) is 14.3. The lowest BCUT2D eigenvalue weighted by atomic mass is 9.90. The van der Waals surface area contributed by atoms with Crippen molar-refractivity contribution in [3.05, 3.63) is 34.9 Å². The lowest BCUT2D eigenvalue weighted by molar-refractivity contribution is -0.117. The van der Waals surface area contributed by atoms with Crippen molar-refractivity contribution in [1.29, 1.82) is 0 Å². The summed E-state index contributed by atoms with van der Waals surface area (Å²) in [6.07, 6.45) is 10.9. The minimum absolute atomic E-state index is 0.169. The topological polar surface area (TPSA) is 108 Å². The Hall–Kier alpha value is -2.73. The molecule has 208 valence electrons. The molecule has 3 aliphatic rings. The van der Waals surface area contributed by atoms with E-state index < -0.39 is 0 Å². The zero-order valence-corrected chi connectivity index (χ0v) is 23.1. The number of nitrogens with one attached hydrogen (secondary N) is 2. The van der Waals surface area contributed by atoms with Crippen LogP contribution in [0.5, 0.6) is 0 Å². The van der Waals surface area contributed by atoms with Crippen LogP contribution in [0.4, 0.5) is 0 Å². The monoisotopic (exact) mass is 523 g/mol. The summed E-state index contributed by atoms with van der Waals surface area (Å²) in [5, 5.41) is 5.64. The van der Waals surface area contributed by atoms with Gasteiger partial charge in [-0.3, -0.25) is 14.4 Å².